The number of methoxy groups -OCH3 is 1. The molecule has 0 saturated heterocycles. The van der Waals surface area contributed by atoms with E-state index < -0.39 is 6.10 Å². The maximum absolute atomic E-state index is 12.8. The minimum Gasteiger partial charge on any atom is -0.497 e. The van der Waals surface area contributed by atoms with Crippen molar-refractivity contribution in [1.82, 2.24) is 9.80 Å². The van der Waals surface area contributed by atoms with Crippen LogP contribution in [0.4, 0.5) is 0 Å². The maximum atomic E-state index is 12.8. The van der Waals surface area contributed by atoms with Gasteiger partial charge in [-0.15, -0.1) is 0 Å². The number of aliphatic hydroxyl groups excluding tert-OH is 1. The zero-order chi connectivity index (χ0) is 23.7. The molecule has 174 valence electrons. The van der Waals surface area contributed by atoms with Gasteiger partial charge in [0.05, 0.1) is 30.9 Å². The van der Waals surface area contributed by atoms with E-state index in [-0.39, 0.29) is 24.4 Å². The number of fused-ring (bicyclic) bond motifs is 2. The molecule has 1 N–H and O–H groups in total. The Morgan fingerprint density at radius 2 is 1.47 bits per heavy atom. The standard InChI is InChI=1S/C28H28N2O4/c1-34-24-12-10-19(11-13-24)16-29(22-14-20-6-2-3-7-21(20)15-22)17-23(31)18-30-27(32)25-8-4-5-9-26(25)28(30)33/h2-13,22-23,31H,14-18H2,1H3. The van der Waals surface area contributed by atoms with E-state index in [2.05, 4.69) is 29.2 Å². The molecular formula is C28H28N2O4. The zero-order valence-corrected chi connectivity index (χ0v) is 19.2. The lowest BCUT2D eigenvalue weighted by molar-refractivity contribution is 0.0413. The molecule has 1 aliphatic heterocycles. The molecule has 0 bridgehead atoms. The lowest BCUT2D eigenvalue weighted by Crippen LogP contribution is -2.45. The van der Waals surface area contributed by atoms with Crippen LogP contribution in [0.25, 0.3) is 0 Å². The molecule has 0 saturated carbocycles. The molecule has 1 heterocycles. The van der Waals surface area contributed by atoms with Crippen molar-refractivity contribution in [1.29, 1.82) is 0 Å². The van der Waals surface area contributed by atoms with Crippen LogP contribution in [0.15, 0.2) is 72.8 Å². The van der Waals surface area contributed by atoms with Gasteiger partial charge in [-0.05, 0) is 53.8 Å². The van der Waals surface area contributed by atoms with Crippen LogP contribution < -0.4 is 4.74 Å². The second-order valence-corrected chi connectivity index (χ2v) is 9.03. The van der Waals surface area contributed by atoms with Gasteiger partial charge in [0.2, 0.25) is 0 Å². The Morgan fingerprint density at radius 1 is 0.912 bits per heavy atom. The summed E-state index contributed by atoms with van der Waals surface area (Å²) >= 11 is 0. The number of carbonyl (C=O) groups is 2. The van der Waals surface area contributed by atoms with Crippen molar-refractivity contribution < 1.29 is 19.4 Å². The molecule has 0 aromatic heterocycles. The van der Waals surface area contributed by atoms with Crippen LogP contribution in [0.3, 0.4) is 0 Å². The molecule has 6 nitrogen and oxygen atoms in total. The van der Waals surface area contributed by atoms with Gasteiger partial charge in [-0.3, -0.25) is 19.4 Å². The summed E-state index contributed by atoms with van der Waals surface area (Å²) in [6, 6.07) is 23.4. The van der Waals surface area contributed by atoms with Crippen LogP contribution in [-0.4, -0.2) is 59.1 Å². The highest BCUT2D eigenvalue weighted by molar-refractivity contribution is 6.21. The van der Waals surface area contributed by atoms with Crippen molar-refractivity contribution in [3.63, 3.8) is 0 Å². The van der Waals surface area contributed by atoms with E-state index in [4.69, 9.17) is 4.74 Å². The fraction of sp³-hybridized carbons (Fsp3) is 0.286. The zero-order valence-electron chi connectivity index (χ0n) is 19.2. The molecule has 0 spiro atoms. The SMILES string of the molecule is COc1ccc(CN(CC(O)CN2C(=O)c3ccccc3C2=O)C2Cc3ccccc3C2)cc1. The highest BCUT2D eigenvalue weighted by Crippen LogP contribution is 2.28. The molecule has 0 fully saturated rings. The minimum atomic E-state index is -0.857. The Morgan fingerprint density at radius 3 is 2.03 bits per heavy atom. The summed E-state index contributed by atoms with van der Waals surface area (Å²) in [7, 11) is 1.65. The third-order valence-corrected chi connectivity index (χ3v) is 6.81. The van der Waals surface area contributed by atoms with Gasteiger partial charge in [0, 0.05) is 19.1 Å². The molecule has 1 atom stereocenters. The van der Waals surface area contributed by atoms with Gasteiger partial charge < -0.3 is 9.84 Å². The first-order chi connectivity index (χ1) is 16.5. The van der Waals surface area contributed by atoms with Gasteiger partial charge in [0.25, 0.3) is 11.8 Å². The molecule has 34 heavy (non-hydrogen) atoms. The first kappa shape index (κ1) is 22.3. The van der Waals surface area contributed by atoms with E-state index in [1.807, 2.05) is 24.3 Å². The first-order valence-corrected chi connectivity index (χ1v) is 11.6. The highest BCUT2D eigenvalue weighted by Gasteiger charge is 2.37. The van der Waals surface area contributed by atoms with Crippen molar-refractivity contribution in [2.24, 2.45) is 0 Å². The summed E-state index contributed by atoms with van der Waals surface area (Å²) in [6.07, 6.45) is 0.960. The van der Waals surface area contributed by atoms with E-state index in [9.17, 15) is 14.7 Å². The Kier molecular flexibility index (Phi) is 6.18. The Labute approximate surface area is 199 Å². The van der Waals surface area contributed by atoms with Gasteiger partial charge in [-0.1, -0.05) is 48.5 Å². The van der Waals surface area contributed by atoms with Gasteiger partial charge >= 0.3 is 0 Å². The molecular weight excluding hydrogens is 428 g/mol. The van der Waals surface area contributed by atoms with Crippen LogP contribution in [0.1, 0.15) is 37.4 Å². The number of rotatable bonds is 8. The summed E-state index contributed by atoms with van der Waals surface area (Å²) in [4.78, 5) is 28.9. The number of β-amino-alcohol motifs (C(OH)–C–C–N with tert-alkyl or cyclic N) is 1. The average molecular weight is 457 g/mol. The van der Waals surface area contributed by atoms with Crippen molar-refractivity contribution in [3.8, 4) is 5.75 Å². The van der Waals surface area contributed by atoms with Gasteiger partial charge in [0.1, 0.15) is 5.75 Å². The molecule has 2 aliphatic rings. The smallest absolute Gasteiger partial charge is 0.261 e. The van der Waals surface area contributed by atoms with Crippen molar-refractivity contribution in [2.75, 3.05) is 20.2 Å². The van der Waals surface area contributed by atoms with Crippen LogP contribution in [0, 0.1) is 0 Å². The topological polar surface area (TPSA) is 70.1 Å². The van der Waals surface area contributed by atoms with Crippen LogP contribution >= 0.6 is 0 Å². The van der Waals surface area contributed by atoms with E-state index in [1.54, 1.807) is 31.4 Å². The lowest BCUT2D eigenvalue weighted by Gasteiger charge is -2.32. The maximum Gasteiger partial charge on any atom is 0.261 e. The predicted molar refractivity (Wildman–Crippen MR) is 129 cm³/mol. The number of nitrogens with zero attached hydrogens (tertiary/aromatic N) is 2. The van der Waals surface area contributed by atoms with Crippen LogP contribution in [0.5, 0.6) is 5.75 Å². The summed E-state index contributed by atoms with van der Waals surface area (Å²) in [5.74, 6) is 0.124. The molecule has 5 rings (SSSR count). The molecule has 3 aromatic carbocycles. The van der Waals surface area contributed by atoms with Crippen LogP contribution in [-0.2, 0) is 19.4 Å². The highest BCUT2D eigenvalue weighted by atomic mass is 16.5. The van der Waals surface area contributed by atoms with Crippen molar-refractivity contribution >= 4 is 11.8 Å². The quantitative estimate of drug-likeness (QED) is 0.527. The number of amides is 2. The molecule has 1 unspecified atom stereocenters. The van der Waals surface area contributed by atoms with Crippen LogP contribution in [0.2, 0.25) is 0 Å². The molecule has 0 radical (unpaired) electrons. The molecule has 2 amide bonds. The van der Waals surface area contributed by atoms with Crippen molar-refractivity contribution in [3.05, 3.63) is 101 Å². The monoisotopic (exact) mass is 456 g/mol. The Hall–Kier alpha value is -3.48. The predicted octanol–water partition coefficient (Wildman–Crippen LogP) is 3.32. The number of imide groups is 1. The number of benzene rings is 3. The third kappa shape index (κ3) is 4.34. The fourth-order valence-corrected chi connectivity index (χ4v) is 5.05. The number of ether oxygens (including phenoxy) is 1. The van der Waals surface area contributed by atoms with E-state index in [1.165, 1.54) is 16.0 Å². The van der Waals surface area contributed by atoms with E-state index >= 15 is 0 Å². The summed E-state index contributed by atoms with van der Waals surface area (Å²) in [5, 5.41) is 11.0. The summed E-state index contributed by atoms with van der Waals surface area (Å²) < 4.78 is 5.28. The van der Waals surface area contributed by atoms with Crippen molar-refractivity contribution in [2.45, 2.75) is 31.5 Å². The molecule has 6 heteroatoms. The minimum absolute atomic E-state index is 0.0227. The molecule has 1 aliphatic carbocycles. The molecule has 3 aromatic rings. The van der Waals surface area contributed by atoms with E-state index in [0.717, 1.165) is 24.2 Å². The van der Waals surface area contributed by atoms with Gasteiger partial charge in [-0.25, -0.2) is 0 Å². The fourth-order valence-electron chi connectivity index (χ4n) is 5.05. The number of hydrogen-bond acceptors (Lipinski definition) is 5. The number of aliphatic hydroxyl groups is 1. The Balaban J connectivity index is 1.32. The lowest BCUT2D eigenvalue weighted by atomic mass is 10.1. The van der Waals surface area contributed by atoms with Gasteiger partial charge in [0.15, 0.2) is 0 Å². The Bertz CT molecular complexity index is 1150. The first-order valence-electron chi connectivity index (χ1n) is 11.6. The second kappa shape index (κ2) is 9.41. The number of hydrogen-bond donors (Lipinski definition) is 1. The summed E-state index contributed by atoms with van der Waals surface area (Å²) in [6.45, 7) is 0.991. The van der Waals surface area contributed by atoms with Gasteiger partial charge in [-0.2, -0.15) is 0 Å². The average Bonchev–Trinajstić information content (AvgIpc) is 3.40. The summed E-state index contributed by atoms with van der Waals surface area (Å²) in [5.41, 5.74) is 4.59. The largest absolute Gasteiger partial charge is 0.497 e. The van der Waals surface area contributed by atoms with E-state index in [0.29, 0.717) is 24.2 Å². The third-order valence-electron chi connectivity index (χ3n) is 6.81. The second-order valence-electron chi connectivity index (χ2n) is 9.03. The normalized spacial score (nSPS) is 16.1. The number of carbonyl (C=O) groups excluding carboxylic acids is 2.